The molecule has 0 bridgehead atoms. The number of ether oxygens (including phenoxy) is 5. The summed E-state index contributed by atoms with van der Waals surface area (Å²) in [5.41, 5.74) is 2.10. The molecule has 2 unspecified atom stereocenters. The van der Waals surface area contributed by atoms with Crippen LogP contribution in [0.5, 0.6) is 23.0 Å². The highest BCUT2D eigenvalue weighted by atomic mass is 16.5. The van der Waals surface area contributed by atoms with Gasteiger partial charge >= 0.3 is 0 Å². The van der Waals surface area contributed by atoms with E-state index in [-0.39, 0.29) is 18.8 Å². The Kier molecular flexibility index (Phi) is 7.79. The third kappa shape index (κ3) is 4.80. The quantitative estimate of drug-likeness (QED) is 0.672. The van der Waals surface area contributed by atoms with Crippen LogP contribution in [0.15, 0.2) is 36.4 Å². The Bertz CT molecular complexity index is 827. The maximum Gasteiger partial charge on any atom is 0.161 e. The fourth-order valence-corrected chi connectivity index (χ4v) is 3.90. The molecule has 1 aliphatic rings. The summed E-state index contributed by atoms with van der Waals surface area (Å²) in [7, 11) is 4.88. The normalized spacial score (nSPS) is 19.4. The van der Waals surface area contributed by atoms with Gasteiger partial charge in [0.05, 0.1) is 47.2 Å². The predicted octanol–water partition coefficient (Wildman–Crippen LogP) is 3.05. The van der Waals surface area contributed by atoms with Crippen molar-refractivity contribution in [2.24, 2.45) is 0 Å². The molecule has 1 aliphatic heterocycles. The van der Waals surface area contributed by atoms with Crippen molar-refractivity contribution >= 4 is 0 Å². The summed E-state index contributed by atoms with van der Waals surface area (Å²) in [4.78, 5) is 2.31. The zero-order valence-electron chi connectivity index (χ0n) is 18.1. The topological polar surface area (TPSA) is 69.6 Å². The first-order valence-electron chi connectivity index (χ1n) is 10.1. The van der Waals surface area contributed by atoms with E-state index in [0.717, 1.165) is 23.4 Å². The zero-order valence-corrected chi connectivity index (χ0v) is 18.1. The highest BCUT2D eigenvalue weighted by Crippen LogP contribution is 2.37. The van der Waals surface area contributed by atoms with Crippen LogP contribution < -0.4 is 18.9 Å². The molecular weight excluding hydrogens is 386 g/mol. The van der Waals surface area contributed by atoms with Gasteiger partial charge in [-0.2, -0.15) is 0 Å². The molecule has 2 aromatic rings. The highest BCUT2D eigenvalue weighted by Gasteiger charge is 2.34. The van der Waals surface area contributed by atoms with E-state index in [1.807, 2.05) is 43.3 Å². The summed E-state index contributed by atoms with van der Waals surface area (Å²) in [5, 5.41) is 9.97. The lowest BCUT2D eigenvalue weighted by Crippen LogP contribution is -2.46. The van der Waals surface area contributed by atoms with Crippen molar-refractivity contribution in [3.05, 3.63) is 47.5 Å². The van der Waals surface area contributed by atoms with Crippen molar-refractivity contribution in [1.29, 1.82) is 0 Å². The lowest BCUT2D eigenvalue weighted by atomic mass is 9.97. The molecule has 0 aromatic heterocycles. The number of morpholine rings is 1. The number of methoxy groups -OCH3 is 3. The van der Waals surface area contributed by atoms with Crippen molar-refractivity contribution in [3.8, 4) is 23.0 Å². The Morgan fingerprint density at radius 2 is 1.67 bits per heavy atom. The van der Waals surface area contributed by atoms with Gasteiger partial charge in [0.1, 0.15) is 6.10 Å². The molecule has 1 fully saturated rings. The molecule has 7 heteroatoms. The van der Waals surface area contributed by atoms with E-state index < -0.39 is 0 Å². The number of benzene rings is 2. The van der Waals surface area contributed by atoms with Crippen LogP contribution in [0.1, 0.15) is 24.1 Å². The summed E-state index contributed by atoms with van der Waals surface area (Å²) in [6, 6.07) is 11.7. The predicted molar refractivity (Wildman–Crippen MR) is 114 cm³/mol. The standard InChI is InChI=1S/C23H31NO6/c1-5-29-19-8-6-16(12-20(19)27-3)14-24-10-11-30-22(15-25)23(24)17-7-9-18(26-2)21(13-17)28-4/h6-9,12-13,22-23,25H,5,10-11,14-15H2,1-4H3. The molecule has 1 heterocycles. The van der Waals surface area contributed by atoms with Gasteiger partial charge in [-0.15, -0.1) is 0 Å². The minimum absolute atomic E-state index is 0.0674. The summed E-state index contributed by atoms with van der Waals surface area (Å²) < 4.78 is 27.9. The Balaban J connectivity index is 1.90. The molecule has 164 valence electrons. The second kappa shape index (κ2) is 10.5. The first kappa shape index (κ1) is 22.2. The second-order valence-electron chi connectivity index (χ2n) is 7.04. The van der Waals surface area contributed by atoms with Gasteiger partial charge in [-0.3, -0.25) is 4.90 Å². The number of hydrogen-bond donors (Lipinski definition) is 1. The van der Waals surface area contributed by atoms with Gasteiger partial charge in [0, 0.05) is 13.1 Å². The maximum atomic E-state index is 9.97. The zero-order chi connectivity index (χ0) is 21.5. The molecule has 1 saturated heterocycles. The van der Waals surface area contributed by atoms with E-state index in [2.05, 4.69) is 4.90 Å². The molecule has 7 nitrogen and oxygen atoms in total. The molecule has 0 saturated carbocycles. The smallest absolute Gasteiger partial charge is 0.161 e. The maximum absolute atomic E-state index is 9.97. The van der Waals surface area contributed by atoms with Crippen LogP contribution in [-0.2, 0) is 11.3 Å². The lowest BCUT2D eigenvalue weighted by Gasteiger charge is -2.41. The Hall–Kier alpha value is -2.48. The van der Waals surface area contributed by atoms with Crippen molar-refractivity contribution in [1.82, 2.24) is 4.90 Å². The summed E-state index contributed by atoms with van der Waals surface area (Å²) in [5.74, 6) is 2.76. The van der Waals surface area contributed by atoms with E-state index in [1.165, 1.54) is 0 Å². The van der Waals surface area contributed by atoms with Crippen LogP contribution in [0.25, 0.3) is 0 Å². The molecule has 3 rings (SSSR count). The fourth-order valence-electron chi connectivity index (χ4n) is 3.90. The van der Waals surface area contributed by atoms with Crippen molar-refractivity contribution in [3.63, 3.8) is 0 Å². The Morgan fingerprint density at radius 3 is 2.33 bits per heavy atom. The number of hydrogen-bond acceptors (Lipinski definition) is 7. The number of rotatable bonds is 9. The molecule has 0 amide bonds. The molecule has 1 N–H and O–H groups in total. The van der Waals surface area contributed by atoms with Crippen molar-refractivity contribution < 1.29 is 28.8 Å². The van der Waals surface area contributed by atoms with E-state index in [0.29, 0.717) is 37.0 Å². The van der Waals surface area contributed by atoms with Gasteiger partial charge < -0.3 is 28.8 Å². The molecule has 0 spiro atoms. The van der Waals surface area contributed by atoms with Gasteiger partial charge in [0.25, 0.3) is 0 Å². The largest absolute Gasteiger partial charge is 0.493 e. The summed E-state index contributed by atoms with van der Waals surface area (Å²) in [6.07, 6.45) is -0.332. The monoisotopic (exact) mass is 417 g/mol. The number of aliphatic hydroxyl groups excluding tert-OH is 1. The molecule has 2 atom stereocenters. The van der Waals surface area contributed by atoms with Crippen LogP contribution in [0.4, 0.5) is 0 Å². The minimum atomic E-state index is -0.332. The van der Waals surface area contributed by atoms with Gasteiger partial charge in [0.2, 0.25) is 0 Å². The van der Waals surface area contributed by atoms with E-state index in [4.69, 9.17) is 23.7 Å². The van der Waals surface area contributed by atoms with Crippen LogP contribution >= 0.6 is 0 Å². The number of aliphatic hydroxyl groups is 1. The van der Waals surface area contributed by atoms with Crippen LogP contribution in [0, 0.1) is 0 Å². The van der Waals surface area contributed by atoms with E-state index >= 15 is 0 Å². The average Bonchev–Trinajstić information content (AvgIpc) is 2.79. The first-order valence-corrected chi connectivity index (χ1v) is 10.1. The van der Waals surface area contributed by atoms with Gasteiger partial charge in [-0.05, 0) is 42.3 Å². The van der Waals surface area contributed by atoms with Gasteiger partial charge in [-0.25, -0.2) is 0 Å². The van der Waals surface area contributed by atoms with Crippen LogP contribution in [0.2, 0.25) is 0 Å². The molecule has 30 heavy (non-hydrogen) atoms. The number of nitrogens with zero attached hydrogens (tertiary/aromatic N) is 1. The minimum Gasteiger partial charge on any atom is -0.493 e. The van der Waals surface area contributed by atoms with Gasteiger partial charge in [-0.1, -0.05) is 12.1 Å². The fraction of sp³-hybridized carbons (Fsp3) is 0.478. The van der Waals surface area contributed by atoms with Gasteiger partial charge in [0.15, 0.2) is 23.0 Å². The van der Waals surface area contributed by atoms with E-state index in [1.54, 1.807) is 21.3 Å². The average molecular weight is 418 g/mol. The second-order valence-corrected chi connectivity index (χ2v) is 7.04. The van der Waals surface area contributed by atoms with Crippen molar-refractivity contribution in [2.75, 3.05) is 47.7 Å². The third-order valence-corrected chi connectivity index (χ3v) is 5.30. The third-order valence-electron chi connectivity index (χ3n) is 5.30. The molecule has 0 aliphatic carbocycles. The summed E-state index contributed by atoms with van der Waals surface area (Å²) >= 11 is 0. The van der Waals surface area contributed by atoms with Crippen LogP contribution in [0.3, 0.4) is 0 Å². The Morgan fingerprint density at radius 1 is 0.967 bits per heavy atom. The van der Waals surface area contributed by atoms with Crippen molar-refractivity contribution in [2.45, 2.75) is 25.6 Å². The highest BCUT2D eigenvalue weighted by molar-refractivity contribution is 5.45. The molecule has 0 radical (unpaired) electrons. The van der Waals surface area contributed by atoms with E-state index in [9.17, 15) is 5.11 Å². The SMILES string of the molecule is CCOc1ccc(CN2CCOC(CO)C2c2ccc(OC)c(OC)c2)cc1OC. The first-order chi connectivity index (χ1) is 14.6. The Labute approximate surface area is 178 Å². The summed E-state index contributed by atoms with van der Waals surface area (Å²) in [6.45, 7) is 4.44. The molecular formula is C23H31NO6. The lowest BCUT2D eigenvalue weighted by molar-refractivity contribution is -0.0961. The molecule has 2 aromatic carbocycles. The van der Waals surface area contributed by atoms with Crippen LogP contribution in [-0.4, -0.2) is 63.8 Å².